The van der Waals surface area contributed by atoms with Gasteiger partial charge in [-0.3, -0.25) is 19.4 Å². The van der Waals surface area contributed by atoms with Crippen molar-refractivity contribution in [3.8, 4) is 11.5 Å². The number of rotatable bonds is 8. The summed E-state index contributed by atoms with van der Waals surface area (Å²) < 4.78 is 36.5. The highest BCUT2D eigenvalue weighted by Crippen LogP contribution is 2.45. The second-order valence-corrected chi connectivity index (χ2v) is 11.1. The minimum Gasteiger partial charge on any atom is -0.453 e. The molecule has 0 radical (unpaired) electrons. The molecule has 6 rings (SSSR count). The van der Waals surface area contributed by atoms with Gasteiger partial charge in [0.1, 0.15) is 16.8 Å². The van der Waals surface area contributed by atoms with Crippen LogP contribution >= 0.6 is 11.8 Å². The topological polar surface area (TPSA) is 139 Å². The number of hydrogen-bond donors (Lipinski definition) is 3. The maximum atomic E-state index is 13.3. The van der Waals surface area contributed by atoms with Gasteiger partial charge in [-0.15, -0.1) is 0 Å². The number of aromatic nitrogens is 3. The number of halogens is 2. The largest absolute Gasteiger partial charge is 0.453 e. The fourth-order valence-corrected chi connectivity index (χ4v) is 5.96. The molecule has 1 fully saturated rings. The lowest BCUT2D eigenvalue weighted by Gasteiger charge is -2.25. The second-order valence-electron chi connectivity index (χ2n) is 10.1. The molecule has 3 amide bonds. The van der Waals surface area contributed by atoms with Crippen LogP contribution in [0.1, 0.15) is 35.4 Å². The SMILES string of the molecule is CC(NC(=O)[C@@H]1C[C@@H](OC(F)F)CN1C(=O)CNC(=O)c1cnc2c(c1)Oc1ccccc1S2)c1cc2cnccc2[nH]1. The van der Waals surface area contributed by atoms with E-state index in [1.807, 2.05) is 30.3 Å². The highest BCUT2D eigenvalue weighted by molar-refractivity contribution is 7.99. The predicted molar refractivity (Wildman–Crippen MR) is 151 cm³/mol. The van der Waals surface area contributed by atoms with Gasteiger partial charge in [0, 0.05) is 48.2 Å². The smallest absolute Gasteiger partial charge is 0.345 e. The Morgan fingerprint density at radius 3 is 2.84 bits per heavy atom. The van der Waals surface area contributed by atoms with Gasteiger partial charge < -0.3 is 30.0 Å². The first kappa shape index (κ1) is 28.6. The van der Waals surface area contributed by atoms with E-state index in [9.17, 15) is 23.2 Å². The molecular weight excluding hydrogens is 582 g/mol. The monoisotopic (exact) mass is 608 g/mol. The first-order valence-corrected chi connectivity index (χ1v) is 14.3. The molecule has 1 saturated heterocycles. The van der Waals surface area contributed by atoms with Crippen molar-refractivity contribution in [2.45, 2.75) is 48.1 Å². The van der Waals surface area contributed by atoms with E-state index in [0.29, 0.717) is 22.2 Å². The maximum absolute atomic E-state index is 13.3. The number of H-pyrrole nitrogens is 1. The molecule has 5 heterocycles. The lowest BCUT2D eigenvalue weighted by atomic mass is 10.1. The lowest BCUT2D eigenvalue weighted by molar-refractivity contribution is -0.160. The molecule has 14 heteroatoms. The Kier molecular flexibility index (Phi) is 7.95. The Labute approximate surface area is 248 Å². The number of fused-ring (bicyclic) bond motifs is 3. The summed E-state index contributed by atoms with van der Waals surface area (Å²) in [6.07, 6.45) is 3.54. The Hall–Kier alpha value is -4.56. The average molecular weight is 609 g/mol. The van der Waals surface area contributed by atoms with Gasteiger partial charge in [0.2, 0.25) is 11.8 Å². The summed E-state index contributed by atoms with van der Waals surface area (Å²) in [7, 11) is 0. The average Bonchev–Trinajstić information content (AvgIpc) is 3.63. The van der Waals surface area contributed by atoms with Crippen LogP contribution in [0.5, 0.6) is 11.5 Å². The zero-order chi connectivity index (χ0) is 30.1. The van der Waals surface area contributed by atoms with Crippen molar-refractivity contribution in [3.63, 3.8) is 0 Å². The normalized spacial score (nSPS) is 18.1. The molecule has 0 spiro atoms. The van der Waals surface area contributed by atoms with Gasteiger partial charge in [-0.1, -0.05) is 23.9 Å². The molecule has 43 heavy (non-hydrogen) atoms. The van der Waals surface area contributed by atoms with Gasteiger partial charge in [0.25, 0.3) is 5.91 Å². The Morgan fingerprint density at radius 1 is 1.19 bits per heavy atom. The van der Waals surface area contributed by atoms with Crippen LogP contribution in [0.3, 0.4) is 0 Å². The Morgan fingerprint density at radius 2 is 2.02 bits per heavy atom. The fraction of sp³-hybridized carbons (Fsp3) is 0.276. The van der Waals surface area contributed by atoms with E-state index in [4.69, 9.17) is 4.74 Å². The minimum atomic E-state index is -3.06. The van der Waals surface area contributed by atoms with Gasteiger partial charge in [0.15, 0.2) is 5.75 Å². The molecule has 222 valence electrons. The summed E-state index contributed by atoms with van der Waals surface area (Å²) in [5.41, 5.74) is 1.72. The summed E-state index contributed by atoms with van der Waals surface area (Å²) >= 11 is 1.41. The number of alkyl halides is 2. The van der Waals surface area contributed by atoms with Crippen molar-refractivity contribution < 1.29 is 32.6 Å². The standard InChI is InChI=1S/C29H26F2N6O5S/c1-15(20-8-16-11-32-7-6-19(16)36-20)35-27(40)21-10-18(41-29(30)31)14-37(21)25(38)13-33-26(39)17-9-23-28(34-12-17)43-24-5-3-2-4-22(24)42-23/h2-9,11-12,15,18,21,29,36H,10,13-14H2,1H3,(H,33,39)(H,35,40)/t15?,18-,21+/m1/s1. The highest BCUT2D eigenvalue weighted by Gasteiger charge is 2.41. The van der Waals surface area contributed by atoms with E-state index in [1.165, 1.54) is 24.0 Å². The number of benzene rings is 1. The van der Waals surface area contributed by atoms with E-state index < -0.39 is 49.1 Å². The zero-order valence-electron chi connectivity index (χ0n) is 22.8. The Balaban J connectivity index is 1.11. The third kappa shape index (κ3) is 6.15. The summed E-state index contributed by atoms with van der Waals surface area (Å²) in [6, 6.07) is 11.1. The number of para-hydroxylation sites is 1. The first-order chi connectivity index (χ1) is 20.7. The quantitative estimate of drug-likeness (QED) is 0.240. The van der Waals surface area contributed by atoms with Crippen LogP contribution < -0.4 is 15.4 Å². The molecule has 3 aromatic heterocycles. The van der Waals surface area contributed by atoms with Crippen LogP contribution in [0.4, 0.5) is 8.78 Å². The molecule has 3 N–H and O–H groups in total. The van der Waals surface area contributed by atoms with Crippen LogP contribution in [0.2, 0.25) is 0 Å². The molecule has 2 aliphatic heterocycles. The number of pyridine rings is 2. The number of amides is 3. The van der Waals surface area contributed by atoms with Gasteiger partial charge in [-0.2, -0.15) is 8.78 Å². The van der Waals surface area contributed by atoms with E-state index in [1.54, 1.807) is 25.4 Å². The van der Waals surface area contributed by atoms with Crippen LogP contribution in [-0.2, 0) is 14.3 Å². The number of nitrogens with zero attached hydrogens (tertiary/aromatic N) is 3. The molecule has 0 aliphatic carbocycles. The van der Waals surface area contributed by atoms with Crippen molar-refractivity contribution in [2.75, 3.05) is 13.1 Å². The highest BCUT2D eigenvalue weighted by atomic mass is 32.2. The number of likely N-dealkylation sites (tertiary alicyclic amines) is 1. The van der Waals surface area contributed by atoms with E-state index >= 15 is 0 Å². The number of nitrogens with one attached hydrogen (secondary N) is 3. The van der Waals surface area contributed by atoms with E-state index in [2.05, 4.69) is 30.3 Å². The van der Waals surface area contributed by atoms with Crippen molar-refractivity contribution in [1.82, 2.24) is 30.5 Å². The van der Waals surface area contributed by atoms with Gasteiger partial charge in [0.05, 0.1) is 29.1 Å². The lowest BCUT2D eigenvalue weighted by Crippen LogP contribution is -2.49. The summed E-state index contributed by atoms with van der Waals surface area (Å²) in [6.45, 7) is -2.00. The van der Waals surface area contributed by atoms with Crippen LogP contribution in [-0.4, -0.2) is 69.4 Å². The minimum absolute atomic E-state index is 0.121. The number of carbonyl (C=O) groups is 3. The van der Waals surface area contributed by atoms with E-state index in [-0.39, 0.29) is 18.5 Å². The third-order valence-electron chi connectivity index (χ3n) is 7.20. The number of hydrogen-bond acceptors (Lipinski definition) is 8. The maximum Gasteiger partial charge on any atom is 0.345 e. The molecule has 11 nitrogen and oxygen atoms in total. The van der Waals surface area contributed by atoms with Crippen LogP contribution in [0, 0.1) is 0 Å². The number of ether oxygens (including phenoxy) is 2. The van der Waals surface area contributed by atoms with Gasteiger partial charge in [-0.25, -0.2) is 4.98 Å². The zero-order valence-corrected chi connectivity index (χ0v) is 23.6. The fourth-order valence-electron chi connectivity index (χ4n) is 5.09. The van der Waals surface area contributed by atoms with Crippen LogP contribution in [0.15, 0.2) is 71.0 Å². The summed E-state index contributed by atoms with van der Waals surface area (Å²) in [5.74, 6) is -0.683. The Bertz CT molecular complexity index is 1670. The van der Waals surface area contributed by atoms with Crippen LogP contribution in [0.25, 0.3) is 10.9 Å². The van der Waals surface area contributed by atoms with Crippen molar-refractivity contribution in [3.05, 3.63) is 72.3 Å². The molecule has 3 atom stereocenters. The van der Waals surface area contributed by atoms with Crippen molar-refractivity contribution in [1.29, 1.82) is 0 Å². The van der Waals surface area contributed by atoms with Crippen molar-refractivity contribution in [2.24, 2.45) is 0 Å². The summed E-state index contributed by atoms with van der Waals surface area (Å²) in [4.78, 5) is 53.1. The van der Waals surface area contributed by atoms with Crippen molar-refractivity contribution >= 4 is 40.4 Å². The molecule has 4 aromatic rings. The third-order valence-corrected chi connectivity index (χ3v) is 8.26. The predicted octanol–water partition coefficient (Wildman–Crippen LogP) is 4.03. The molecule has 0 saturated carbocycles. The second kappa shape index (κ2) is 12.0. The molecule has 1 aromatic carbocycles. The molecule has 2 aliphatic rings. The summed E-state index contributed by atoms with van der Waals surface area (Å²) in [5, 5.41) is 6.84. The number of aromatic amines is 1. The molecule has 0 bridgehead atoms. The molecule has 1 unspecified atom stereocenters. The molecular formula is C29H26F2N6O5S. The van der Waals surface area contributed by atoms with Gasteiger partial charge >= 0.3 is 6.61 Å². The van der Waals surface area contributed by atoms with E-state index in [0.717, 1.165) is 20.7 Å². The first-order valence-electron chi connectivity index (χ1n) is 13.4. The number of carbonyl (C=O) groups excluding carboxylic acids is 3. The van der Waals surface area contributed by atoms with Gasteiger partial charge in [-0.05, 0) is 37.3 Å².